The van der Waals surface area contributed by atoms with Gasteiger partial charge >= 0.3 is 5.97 Å². The van der Waals surface area contributed by atoms with E-state index < -0.39 is 11.9 Å². The van der Waals surface area contributed by atoms with Gasteiger partial charge in [-0.1, -0.05) is 24.8 Å². The van der Waals surface area contributed by atoms with Crippen molar-refractivity contribution >= 4 is 23.5 Å². The zero-order valence-corrected chi connectivity index (χ0v) is 8.34. The molecule has 0 aromatic heterocycles. The van der Waals surface area contributed by atoms with Gasteiger partial charge in [0, 0.05) is 12.5 Å². The molecule has 0 saturated carbocycles. The van der Waals surface area contributed by atoms with Crippen molar-refractivity contribution in [2.45, 2.75) is 13.8 Å². The first-order valence-electron chi connectivity index (χ1n) is 3.09. The number of hydrogen-bond donors (Lipinski definition) is 2. The number of carboxylic acid groups (broad SMARTS) is 2. The van der Waals surface area contributed by atoms with Crippen molar-refractivity contribution < 1.29 is 19.8 Å². The Morgan fingerprint density at radius 1 is 1.31 bits per heavy atom. The molecule has 4 nitrogen and oxygen atoms in total. The lowest BCUT2D eigenvalue weighted by atomic mass is 10.4. The van der Waals surface area contributed by atoms with Crippen molar-refractivity contribution in [1.29, 1.82) is 0 Å². The summed E-state index contributed by atoms with van der Waals surface area (Å²) in [4.78, 5) is 18.6. The third kappa shape index (κ3) is 111. The zero-order valence-electron chi connectivity index (χ0n) is 7.58. The molecule has 0 aromatic carbocycles. The average Bonchev–Trinajstić information content (AvgIpc) is 1.87. The second-order valence-electron chi connectivity index (χ2n) is 1.76. The largest absolute Gasteiger partial charge is 0.481 e. The molecule has 0 fully saturated rings. The van der Waals surface area contributed by atoms with Crippen LogP contribution >= 0.6 is 11.6 Å². The van der Waals surface area contributed by atoms with Crippen LogP contribution in [0.2, 0.25) is 0 Å². The van der Waals surface area contributed by atoms with Gasteiger partial charge < -0.3 is 10.2 Å². The smallest absolute Gasteiger partial charge is 0.330 e. The lowest BCUT2D eigenvalue weighted by molar-refractivity contribution is -0.134. The van der Waals surface area contributed by atoms with Crippen LogP contribution in [0.1, 0.15) is 13.8 Å². The summed E-state index contributed by atoms with van der Waals surface area (Å²) < 4.78 is 0. The molecule has 0 radical (unpaired) electrons. The van der Waals surface area contributed by atoms with Crippen LogP contribution in [0.5, 0.6) is 0 Å². The van der Waals surface area contributed by atoms with E-state index in [4.69, 9.17) is 26.6 Å². The van der Waals surface area contributed by atoms with E-state index in [1.807, 2.05) is 0 Å². The fraction of sp³-hybridized carbons (Fsp3) is 0.250. The van der Waals surface area contributed by atoms with E-state index in [0.717, 1.165) is 6.92 Å². The van der Waals surface area contributed by atoms with E-state index in [2.05, 4.69) is 13.2 Å². The second kappa shape index (κ2) is 13.3. The van der Waals surface area contributed by atoms with E-state index in [9.17, 15) is 4.79 Å². The number of carbonyl (C=O) groups is 2. The topological polar surface area (TPSA) is 74.6 Å². The van der Waals surface area contributed by atoms with Crippen molar-refractivity contribution in [2.24, 2.45) is 0 Å². The summed E-state index contributed by atoms with van der Waals surface area (Å²) in [5.74, 6) is -1.77. The Labute approximate surface area is 82.1 Å². The lowest BCUT2D eigenvalue weighted by Crippen LogP contribution is -1.92. The van der Waals surface area contributed by atoms with Crippen molar-refractivity contribution in [3.05, 3.63) is 24.3 Å². The Morgan fingerprint density at radius 3 is 1.38 bits per heavy atom. The first kappa shape index (κ1) is 17.7. The van der Waals surface area contributed by atoms with E-state index >= 15 is 0 Å². The first-order chi connectivity index (χ1) is 5.79. The number of carboxylic acids is 2. The van der Waals surface area contributed by atoms with Crippen LogP contribution in [0, 0.1) is 0 Å². The van der Waals surface area contributed by atoms with Gasteiger partial charge in [0.2, 0.25) is 0 Å². The maximum atomic E-state index is 9.60. The van der Waals surface area contributed by atoms with Crippen molar-refractivity contribution in [3.63, 3.8) is 0 Å². The molecule has 0 aliphatic heterocycles. The van der Waals surface area contributed by atoms with Gasteiger partial charge in [-0.2, -0.15) is 0 Å². The van der Waals surface area contributed by atoms with E-state index in [1.54, 1.807) is 0 Å². The fourth-order valence-electron chi connectivity index (χ4n) is 0. The van der Waals surface area contributed by atoms with E-state index in [0.29, 0.717) is 0 Å². The fourth-order valence-corrected chi connectivity index (χ4v) is 0. The number of halogens is 1. The molecule has 0 amide bonds. The number of aliphatic carboxylic acids is 2. The summed E-state index contributed by atoms with van der Waals surface area (Å²) >= 11 is 4.76. The molecule has 5 heteroatoms. The van der Waals surface area contributed by atoms with Gasteiger partial charge in [-0.15, -0.1) is 0 Å². The molecular weight excluding hydrogens is 196 g/mol. The maximum absolute atomic E-state index is 9.60. The molecule has 0 rings (SSSR count). The van der Waals surface area contributed by atoms with Crippen LogP contribution < -0.4 is 0 Å². The molecule has 0 atom stereocenters. The highest BCUT2D eigenvalue weighted by atomic mass is 35.5. The van der Waals surface area contributed by atoms with Crippen LogP contribution in [-0.4, -0.2) is 22.2 Å². The zero-order chi connectivity index (χ0) is 11.4. The molecule has 0 saturated heterocycles. The van der Waals surface area contributed by atoms with Crippen LogP contribution in [0.4, 0.5) is 0 Å². The minimum absolute atomic E-state index is 0.176. The maximum Gasteiger partial charge on any atom is 0.330 e. The summed E-state index contributed by atoms with van der Waals surface area (Å²) in [7, 11) is 0. The number of hydrogen-bond acceptors (Lipinski definition) is 2. The Bertz CT molecular complexity index is 171. The Kier molecular flexibility index (Phi) is 18.1. The molecule has 13 heavy (non-hydrogen) atoms. The normalized spacial score (nSPS) is 6.38. The van der Waals surface area contributed by atoms with Crippen molar-refractivity contribution in [3.8, 4) is 0 Å². The highest BCUT2D eigenvalue weighted by Gasteiger charge is 1.90. The standard InChI is InChI=1S/C4H6O2.C2H3Cl.C2H4O2/c1-3(2)4(5)6;1-2-3;1-2(3)4/h1H2,2H3,(H,5,6);2H,1H2;1H3,(H,3,4). The van der Waals surface area contributed by atoms with Crippen molar-refractivity contribution in [1.82, 2.24) is 0 Å². The predicted octanol–water partition coefficient (Wildman–Crippen LogP) is 2.11. The Balaban J connectivity index is -0.000000125. The minimum atomic E-state index is -0.935. The van der Waals surface area contributed by atoms with Gasteiger partial charge in [0.15, 0.2) is 0 Å². The second-order valence-corrected chi connectivity index (χ2v) is 2.07. The molecule has 0 aliphatic rings. The monoisotopic (exact) mass is 208 g/mol. The summed E-state index contributed by atoms with van der Waals surface area (Å²) in [5, 5.41) is 15.3. The first-order valence-corrected chi connectivity index (χ1v) is 3.52. The van der Waals surface area contributed by atoms with E-state index in [-0.39, 0.29) is 5.57 Å². The van der Waals surface area contributed by atoms with Gasteiger partial charge in [-0.05, 0) is 12.5 Å². The Morgan fingerprint density at radius 2 is 1.38 bits per heavy atom. The molecule has 2 N–H and O–H groups in total. The SMILES string of the molecule is C=C(C)C(=O)O.C=CCl.CC(=O)O. The Hall–Kier alpha value is -1.29. The minimum Gasteiger partial charge on any atom is -0.481 e. The summed E-state index contributed by atoms with van der Waals surface area (Å²) in [5.41, 5.74) is 1.40. The highest BCUT2D eigenvalue weighted by Crippen LogP contribution is 1.81. The van der Waals surface area contributed by atoms with Crippen LogP contribution in [0.3, 0.4) is 0 Å². The van der Waals surface area contributed by atoms with Crippen LogP contribution in [-0.2, 0) is 9.59 Å². The molecule has 76 valence electrons. The summed E-state index contributed by atoms with van der Waals surface area (Å²) in [6, 6.07) is 0. The lowest BCUT2D eigenvalue weighted by Gasteiger charge is -1.79. The van der Waals surface area contributed by atoms with Gasteiger partial charge in [0.05, 0.1) is 0 Å². The molecule has 0 unspecified atom stereocenters. The molecule has 0 bridgehead atoms. The van der Waals surface area contributed by atoms with Gasteiger partial charge in [0.1, 0.15) is 0 Å². The van der Waals surface area contributed by atoms with Crippen molar-refractivity contribution in [2.75, 3.05) is 0 Å². The van der Waals surface area contributed by atoms with Gasteiger partial charge in [-0.3, -0.25) is 4.79 Å². The quantitative estimate of drug-likeness (QED) is 0.648. The molecule has 0 aromatic rings. The third-order valence-corrected chi connectivity index (χ3v) is 0.365. The summed E-state index contributed by atoms with van der Waals surface area (Å²) in [6.07, 6.45) is 0. The average molecular weight is 209 g/mol. The molecule has 0 heterocycles. The molecular formula is C8H13ClO4. The third-order valence-electron chi connectivity index (χ3n) is 0.365. The molecule has 0 spiro atoms. The van der Waals surface area contributed by atoms with Gasteiger partial charge in [-0.25, -0.2) is 4.79 Å². The number of rotatable bonds is 1. The van der Waals surface area contributed by atoms with Gasteiger partial charge in [0.25, 0.3) is 5.97 Å². The summed E-state index contributed by atoms with van der Waals surface area (Å²) in [6.45, 7) is 8.81. The molecule has 0 aliphatic carbocycles. The van der Waals surface area contributed by atoms with Crippen LogP contribution in [0.15, 0.2) is 24.3 Å². The predicted molar refractivity (Wildman–Crippen MR) is 51.8 cm³/mol. The highest BCUT2D eigenvalue weighted by molar-refractivity contribution is 6.25. The van der Waals surface area contributed by atoms with Crippen LogP contribution in [0.25, 0.3) is 0 Å². The van der Waals surface area contributed by atoms with E-state index in [1.165, 1.54) is 12.5 Å².